The van der Waals surface area contributed by atoms with Gasteiger partial charge in [-0.05, 0) is 12.0 Å². The average molecular weight is 191 g/mol. The lowest BCUT2D eigenvalue weighted by atomic mass is 9.93. The van der Waals surface area contributed by atoms with Crippen molar-refractivity contribution in [3.8, 4) is 0 Å². The van der Waals surface area contributed by atoms with Crippen LogP contribution in [0.25, 0.3) is 0 Å². The molecule has 1 aromatic rings. The van der Waals surface area contributed by atoms with E-state index in [1.165, 1.54) is 0 Å². The Bertz CT molecular complexity index is 282. The Hall–Kier alpha value is -1.31. The highest BCUT2D eigenvalue weighted by Crippen LogP contribution is 2.21. The molecule has 0 aliphatic rings. The van der Waals surface area contributed by atoms with E-state index in [0.29, 0.717) is 0 Å². The van der Waals surface area contributed by atoms with E-state index in [1.807, 2.05) is 30.3 Å². The van der Waals surface area contributed by atoms with E-state index in [0.717, 1.165) is 24.8 Å². The van der Waals surface area contributed by atoms with Crippen molar-refractivity contribution in [2.45, 2.75) is 32.1 Å². The van der Waals surface area contributed by atoms with Crippen molar-refractivity contribution >= 4 is 5.91 Å². The number of rotatable bonds is 5. The van der Waals surface area contributed by atoms with E-state index in [9.17, 15) is 4.79 Å². The molecule has 2 N–H and O–H groups in total. The van der Waals surface area contributed by atoms with Gasteiger partial charge in [0.25, 0.3) is 0 Å². The second kappa shape index (κ2) is 5.43. The highest BCUT2D eigenvalue weighted by atomic mass is 16.1. The second-order valence-corrected chi connectivity index (χ2v) is 3.51. The van der Waals surface area contributed by atoms with Gasteiger partial charge >= 0.3 is 0 Å². The molecule has 0 aliphatic heterocycles. The smallest absolute Gasteiger partial charge is 0.224 e. The van der Waals surface area contributed by atoms with Crippen LogP contribution in [0.4, 0.5) is 0 Å². The minimum absolute atomic E-state index is 0.115. The lowest BCUT2D eigenvalue weighted by molar-refractivity contribution is -0.119. The van der Waals surface area contributed by atoms with E-state index < -0.39 is 0 Å². The van der Waals surface area contributed by atoms with Crippen LogP contribution in [0, 0.1) is 0 Å². The quantitative estimate of drug-likeness (QED) is 0.763. The summed E-state index contributed by atoms with van der Waals surface area (Å²) < 4.78 is 0. The molecule has 0 spiro atoms. The first-order chi connectivity index (χ1) is 6.75. The lowest BCUT2D eigenvalue weighted by Crippen LogP contribution is -2.21. The van der Waals surface area contributed by atoms with Gasteiger partial charge in [0.05, 0.1) is 5.92 Å². The molecule has 0 radical (unpaired) electrons. The monoisotopic (exact) mass is 191 g/mol. The molecule has 76 valence electrons. The third-order valence-electron chi connectivity index (χ3n) is 2.39. The summed E-state index contributed by atoms with van der Waals surface area (Å²) in [5, 5.41) is 0. The van der Waals surface area contributed by atoms with Crippen LogP contribution in [-0.2, 0) is 4.79 Å². The predicted octanol–water partition coefficient (Wildman–Crippen LogP) is 2.45. The SMILES string of the molecule is CCCCC(C(N)=O)c1ccccc1. The normalized spacial score (nSPS) is 12.4. The van der Waals surface area contributed by atoms with E-state index in [1.54, 1.807) is 0 Å². The number of benzene rings is 1. The molecule has 1 atom stereocenters. The molecule has 1 aromatic carbocycles. The van der Waals surface area contributed by atoms with Gasteiger partial charge < -0.3 is 5.73 Å². The molecular formula is C12H17NO. The number of hydrogen-bond acceptors (Lipinski definition) is 1. The lowest BCUT2D eigenvalue weighted by Gasteiger charge is -2.12. The number of primary amides is 1. The van der Waals surface area contributed by atoms with Crippen LogP contribution in [-0.4, -0.2) is 5.91 Å². The van der Waals surface area contributed by atoms with E-state index in [2.05, 4.69) is 6.92 Å². The molecule has 0 aromatic heterocycles. The molecule has 1 rings (SSSR count). The zero-order valence-corrected chi connectivity index (χ0v) is 8.57. The first-order valence-corrected chi connectivity index (χ1v) is 5.10. The van der Waals surface area contributed by atoms with Gasteiger partial charge in [-0.15, -0.1) is 0 Å². The summed E-state index contributed by atoms with van der Waals surface area (Å²) in [6.07, 6.45) is 3.00. The number of nitrogens with two attached hydrogens (primary N) is 1. The molecule has 0 aliphatic carbocycles. The summed E-state index contributed by atoms with van der Waals surface area (Å²) in [6, 6.07) is 9.76. The summed E-state index contributed by atoms with van der Waals surface area (Å²) in [4.78, 5) is 11.2. The van der Waals surface area contributed by atoms with E-state index in [4.69, 9.17) is 5.73 Å². The number of carbonyl (C=O) groups excluding carboxylic acids is 1. The van der Waals surface area contributed by atoms with Gasteiger partial charge in [0.15, 0.2) is 0 Å². The zero-order valence-electron chi connectivity index (χ0n) is 8.57. The molecule has 0 heterocycles. The van der Waals surface area contributed by atoms with Crippen LogP contribution in [0.3, 0.4) is 0 Å². The third kappa shape index (κ3) is 2.87. The van der Waals surface area contributed by atoms with Crippen LogP contribution in [0.2, 0.25) is 0 Å². The molecule has 14 heavy (non-hydrogen) atoms. The molecule has 0 bridgehead atoms. The van der Waals surface area contributed by atoms with Crippen molar-refractivity contribution in [1.82, 2.24) is 0 Å². The van der Waals surface area contributed by atoms with Gasteiger partial charge in [-0.2, -0.15) is 0 Å². The summed E-state index contributed by atoms with van der Waals surface area (Å²) in [5.74, 6) is -0.333. The van der Waals surface area contributed by atoms with Crippen LogP contribution in [0.5, 0.6) is 0 Å². The Labute approximate surface area is 85.1 Å². The van der Waals surface area contributed by atoms with Crippen LogP contribution in [0.15, 0.2) is 30.3 Å². The maximum absolute atomic E-state index is 11.2. The highest BCUT2D eigenvalue weighted by molar-refractivity contribution is 5.81. The number of hydrogen-bond donors (Lipinski definition) is 1. The highest BCUT2D eigenvalue weighted by Gasteiger charge is 2.16. The topological polar surface area (TPSA) is 43.1 Å². The second-order valence-electron chi connectivity index (χ2n) is 3.51. The van der Waals surface area contributed by atoms with Gasteiger partial charge in [0.1, 0.15) is 0 Å². The molecule has 2 heteroatoms. The van der Waals surface area contributed by atoms with Crippen LogP contribution in [0.1, 0.15) is 37.7 Å². The Kier molecular flexibility index (Phi) is 4.17. The Morgan fingerprint density at radius 3 is 2.50 bits per heavy atom. The van der Waals surface area contributed by atoms with Crippen LogP contribution < -0.4 is 5.73 Å². The summed E-state index contributed by atoms with van der Waals surface area (Å²) >= 11 is 0. The maximum Gasteiger partial charge on any atom is 0.224 e. The van der Waals surface area contributed by atoms with Crippen molar-refractivity contribution in [3.05, 3.63) is 35.9 Å². The van der Waals surface area contributed by atoms with Crippen molar-refractivity contribution in [2.75, 3.05) is 0 Å². The Morgan fingerprint density at radius 1 is 1.36 bits per heavy atom. The third-order valence-corrected chi connectivity index (χ3v) is 2.39. The fourth-order valence-electron chi connectivity index (χ4n) is 1.57. The largest absolute Gasteiger partial charge is 0.369 e. The first kappa shape index (κ1) is 10.8. The molecule has 0 saturated carbocycles. The fraction of sp³-hybridized carbons (Fsp3) is 0.417. The minimum atomic E-state index is -0.218. The first-order valence-electron chi connectivity index (χ1n) is 5.10. The van der Waals surface area contributed by atoms with Gasteiger partial charge in [0, 0.05) is 0 Å². The number of unbranched alkanes of at least 4 members (excludes halogenated alkanes) is 1. The van der Waals surface area contributed by atoms with Gasteiger partial charge in [0.2, 0.25) is 5.91 Å². The number of carbonyl (C=O) groups is 1. The van der Waals surface area contributed by atoms with Gasteiger partial charge in [-0.25, -0.2) is 0 Å². The van der Waals surface area contributed by atoms with E-state index >= 15 is 0 Å². The fourth-order valence-corrected chi connectivity index (χ4v) is 1.57. The summed E-state index contributed by atoms with van der Waals surface area (Å²) in [5.41, 5.74) is 6.41. The zero-order chi connectivity index (χ0) is 10.4. The summed E-state index contributed by atoms with van der Waals surface area (Å²) in [6.45, 7) is 2.11. The van der Waals surface area contributed by atoms with Gasteiger partial charge in [-0.3, -0.25) is 4.79 Å². The molecule has 0 saturated heterocycles. The standard InChI is InChI=1S/C12H17NO/c1-2-3-9-11(12(13)14)10-7-5-4-6-8-10/h4-8,11H,2-3,9H2,1H3,(H2,13,14). The van der Waals surface area contributed by atoms with Gasteiger partial charge in [-0.1, -0.05) is 50.1 Å². The Morgan fingerprint density at radius 2 is 2.00 bits per heavy atom. The van der Waals surface area contributed by atoms with Crippen molar-refractivity contribution in [1.29, 1.82) is 0 Å². The van der Waals surface area contributed by atoms with Crippen LogP contribution >= 0.6 is 0 Å². The molecule has 1 amide bonds. The number of amides is 1. The molecule has 0 fully saturated rings. The van der Waals surface area contributed by atoms with Crippen molar-refractivity contribution < 1.29 is 4.79 Å². The average Bonchev–Trinajstić information content (AvgIpc) is 2.19. The summed E-state index contributed by atoms with van der Waals surface area (Å²) in [7, 11) is 0. The van der Waals surface area contributed by atoms with Crippen molar-refractivity contribution in [2.24, 2.45) is 5.73 Å². The molecule has 2 nitrogen and oxygen atoms in total. The predicted molar refractivity (Wildman–Crippen MR) is 57.9 cm³/mol. The minimum Gasteiger partial charge on any atom is -0.369 e. The van der Waals surface area contributed by atoms with Crippen molar-refractivity contribution in [3.63, 3.8) is 0 Å². The maximum atomic E-state index is 11.2. The van der Waals surface area contributed by atoms with E-state index in [-0.39, 0.29) is 11.8 Å². The molecule has 1 unspecified atom stereocenters. The molecular weight excluding hydrogens is 174 g/mol. The Balaban J connectivity index is 2.73.